The Bertz CT molecular complexity index is 1150. The second kappa shape index (κ2) is 6.89. The number of aryl methyl sites for hydroxylation is 2. The molecule has 0 radical (unpaired) electrons. The maximum absolute atomic E-state index is 12.5. The molecule has 2 aromatic carbocycles. The van der Waals surface area contributed by atoms with Crippen molar-refractivity contribution in [2.75, 3.05) is 5.32 Å². The van der Waals surface area contributed by atoms with Gasteiger partial charge in [0.05, 0.1) is 17.8 Å². The number of amides is 1. The molecule has 1 N–H and O–H groups in total. The minimum absolute atomic E-state index is 0.0827. The van der Waals surface area contributed by atoms with Gasteiger partial charge in [-0.2, -0.15) is 0 Å². The molecule has 0 atom stereocenters. The van der Waals surface area contributed by atoms with Gasteiger partial charge in [0.1, 0.15) is 11.3 Å². The molecule has 0 aliphatic heterocycles. The highest BCUT2D eigenvalue weighted by Crippen LogP contribution is 2.26. The summed E-state index contributed by atoms with van der Waals surface area (Å²) in [6.45, 7) is 3.55. The minimum Gasteiger partial charge on any atom is -0.441 e. The fourth-order valence-electron chi connectivity index (χ4n) is 2.84. The molecule has 2 aromatic heterocycles. The third-order valence-electron chi connectivity index (χ3n) is 4.09. The Labute approximate surface area is 160 Å². The van der Waals surface area contributed by atoms with Crippen LogP contribution in [0.1, 0.15) is 17.3 Å². The molecule has 0 aliphatic rings. The Balaban J connectivity index is 1.54. The number of halogens is 1. The zero-order valence-corrected chi connectivity index (χ0v) is 15.5. The van der Waals surface area contributed by atoms with E-state index in [0.29, 0.717) is 45.0 Å². The van der Waals surface area contributed by atoms with E-state index in [0.717, 1.165) is 5.56 Å². The molecular weight excluding hydrogens is 366 g/mol. The van der Waals surface area contributed by atoms with Gasteiger partial charge in [0.15, 0.2) is 11.5 Å². The first-order valence-corrected chi connectivity index (χ1v) is 8.75. The van der Waals surface area contributed by atoms with Gasteiger partial charge in [-0.05, 0) is 37.3 Å². The van der Waals surface area contributed by atoms with Gasteiger partial charge in [0.2, 0.25) is 11.8 Å². The Hall–Kier alpha value is -3.12. The predicted octanol–water partition coefficient (Wildman–Crippen LogP) is 4.93. The van der Waals surface area contributed by atoms with Crippen LogP contribution >= 0.6 is 11.6 Å². The van der Waals surface area contributed by atoms with Crippen LogP contribution in [0.4, 0.5) is 5.69 Å². The third-order valence-corrected chi connectivity index (χ3v) is 4.32. The number of para-hydroxylation sites is 1. The van der Waals surface area contributed by atoms with Crippen LogP contribution in [0.3, 0.4) is 0 Å². The van der Waals surface area contributed by atoms with Crippen molar-refractivity contribution < 1.29 is 13.6 Å². The number of hydrogen-bond acceptors (Lipinski definition) is 5. The van der Waals surface area contributed by atoms with Crippen molar-refractivity contribution in [2.24, 2.45) is 0 Å². The number of aromatic nitrogens is 2. The number of carbonyl (C=O) groups excluding carboxylic acids is 1. The van der Waals surface area contributed by atoms with E-state index in [1.807, 2.05) is 24.3 Å². The van der Waals surface area contributed by atoms with Gasteiger partial charge in [-0.1, -0.05) is 23.7 Å². The molecule has 0 unspecified atom stereocenters. The number of benzene rings is 2. The summed E-state index contributed by atoms with van der Waals surface area (Å²) in [5.74, 6) is 1.36. The fourth-order valence-corrected chi connectivity index (χ4v) is 3.03. The molecule has 1 amide bonds. The van der Waals surface area contributed by atoms with Crippen LogP contribution in [0.2, 0.25) is 5.02 Å². The highest BCUT2D eigenvalue weighted by atomic mass is 35.5. The average Bonchev–Trinajstić information content (AvgIpc) is 3.18. The normalized spacial score (nSPS) is 11.1. The van der Waals surface area contributed by atoms with E-state index in [2.05, 4.69) is 15.3 Å². The second-order valence-corrected chi connectivity index (χ2v) is 6.58. The van der Waals surface area contributed by atoms with Crippen molar-refractivity contribution >= 4 is 34.3 Å². The fraction of sp³-hybridized carbons (Fsp3) is 0.150. The Morgan fingerprint density at radius 2 is 1.93 bits per heavy atom. The quantitative estimate of drug-likeness (QED) is 0.541. The number of nitrogens with one attached hydrogen (secondary N) is 1. The number of nitrogens with zero attached hydrogens (tertiary/aromatic N) is 2. The molecule has 0 aliphatic carbocycles. The minimum atomic E-state index is -0.217. The molecular formula is C20H16ClN3O3. The molecule has 7 heteroatoms. The van der Waals surface area contributed by atoms with Crippen molar-refractivity contribution in [1.29, 1.82) is 0 Å². The van der Waals surface area contributed by atoms with Gasteiger partial charge in [0, 0.05) is 17.5 Å². The Morgan fingerprint density at radius 3 is 2.74 bits per heavy atom. The Morgan fingerprint density at radius 1 is 1.11 bits per heavy atom. The van der Waals surface area contributed by atoms with E-state index in [9.17, 15) is 4.79 Å². The standard InChI is InChI=1S/C20H16ClN3O3/c1-11-17(24-20(26-11)13-5-3-6-14(21)9-13)10-18(25)23-16-8-4-7-15-19(16)27-12(2)22-15/h3-9H,10H2,1-2H3,(H,23,25). The van der Waals surface area contributed by atoms with Crippen LogP contribution in [0.5, 0.6) is 0 Å². The molecule has 0 saturated heterocycles. The maximum atomic E-state index is 12.5. The molecule has 0 spiro atoms. The summed E-state index contributed by atoms with van der Waals surface area (Å²) in [5.41, 5.74) is 3.17. The number of fused-ring (bicyclic) bond motifs is 1. The van der Waals surface area contributed by atoms with E-state index in [1.165, 1.54) is 0 Å². The van der Waals surface area contributed by atoms with Crippen LogP contribution in [0.15, 0.2) is 51.3 Å². The summed E-state index contributed by atoms with van der Waals surface area (Å²) in [6.07, 6.45) is 0.0827. The van der Waals surface area contributed by atoms with E-state index >= 15 is 0 Å². The first kappa shape index (κ1) is 17.3. The van der Waals surface area contributed by atoms with Crippen LogP contribution in [0, 0.1) is 13.8 Å². The van der Waals surface area contributed by atoms with Crippen molar-refractivity contribution in [3.05, 3.63) is 64.8 Å². The highest BCUT2D eigenvalue weighted by Gasteiger charge is 2.16. The molecule has 2 heterocycles. The summed E-state index contributed by atoms with van der Waals surface area (Å²) in [6, 6.07) is 12.7. The number of carbonyl (C=O) groups is 1. The van der Waals surface area contributed by atoms with Gasteiger partial charge >= 0.3 is 0 Å². The van der Waals surface area contributed by atoms with Crippen LogP contribution in [-0.2, 0) is 11.2 Å². The van der Waals surface area contributed by atoms with Crippen molar-refractivity contribution in [3.8, 4) is 11.5 Å². The summed E-state index contributed by atoms with van der Waals surface area (Å²) in [4.78, 5) is 21.2. The summed E-state index contributed by atoms with van der Waals surface area (Å²) < 4.78 is 11.3. The zero-order valence-electron chi connectivity index (χ0n) is 14.7. The van der Waals surface area contributed by atoms with E-state index < -0.39 is 0 Å². The molecule has 0 saturated carbocycles. The highest BCUT2D eigenvalue weighted by molar-refractivity contribution is 6.30. The molecule has 4 rings (SSSR count). The monoisotopic (exact) mass is 381 g/mol. The van der Waals surface area contributed by atoms with Crippen LogP contribution < -0.4 is 5.32 Å². The summed E-state index contributed by atoms with van der Waals surface area (Å²) in [7, 11) is 0. The van der Waals surface area contributed by atoms with Gasteiger partial charge < -0.3 is 14.2 Å². The number of hydrogen-bond donors (Lipinski definition) is 1. The second-order valence-electron chi connectivity index (χ2n) is 6.14. The lowest BCUT2D eigenvalue weighted by Gasteiger charge is -2.04. The first-order valence-electron chi connectivity index (χ1n) is 8.38. The van der Waals surface area contributed by atoms with Crippen LogP contribution in [-0.4, -0.2) is 15.9 Å². The van der Waals surface area contributed by atoms with Gasteiger partial charge in [-0.3, -0.25) is 4.79 Å². The topological polar surface area (TPSA) is 81.2 Å². The Kier molecular flexibility index (Phi) is 4.41. The molecule has 0 fully saturated rings. The van der Waals surface area contributed by atoms with Crippen molar-refractivity contribution in [3.63, 3.8) is 0 Å². The smallest absolute Gasteiger partial charge is 0.230 e. The molecule has 4 aromatic rings. The van der Waals surface area contributed by atoms with E-state index in [4.69, 9.17) is 20.4 Å². The van der Waals surface area contributed by atoms with Crippen LogP contribution in [0.25, 0.3) is 22.6 Å². The van der Waals surface area contributed by atoms with E-state index in [-0.39, 0.29) is 12.3 Å². The first-order chi connectivity index (χ1) is 13.0. The van der Waals surface area contributed by atoms with E-state index in [1.54, 1.807) is 32.0 Å². The van der Waals surface area contributed by atoms with Crippen molar-refractivity contribution in [1.82, 2.24) is 9.97 Å². The zero-order chi connectivity index (χ0) is 19.0. The number of oxazole rings is 2. The summed E-state index contributed by atoms with van der Waals surface area (Å²) in [5, 5.41) is 3.45. The lowest BCUT2D eigenvalue weighted by atomic mass is 10.2. The number of rotatable bonds is 4. The van der Waals surface area contributed by atoms with Gasteiger partial charge in [-0.15, -0.1) is 0 Å². The average molecular weight is 382 g/mol. The predicted molar refractivity (Wildman–Crippen MR) is 103 cm³/mol. The molecule has 136 valence electrons. The lowest BCUT2D eigenvalue weighted by molar-refractivity contribution is -0.115. The van der Waals surface area contributed by atoms with Crippen molar-refractivity contribution in [2.45, 2.75) is 20.3 Å². The maximum Gasteiger partial charge on any atom is 0.230 e. The lowest BCUT2D eigenvalue weighted by Crippen LogP contribution is -2.15. The molecule has 6 nitrogen and oxygen atoms in total. The largest absolute Gasteiger partial charge is 0.441 e. The molecule has 27 heavy (non-hydrogen) atoms. The molecule has 0 bridgehead atoms. The van der Waals surface area contributed by atoms with Gasteiger partial charge in [-0.25, -0.2) is 9.97 Å². The number of anilines is 1. The SMILES string of the molecule is Cc1nc2cccc(NC(=O)Cc3nc(-c4cccc(Cl)c4)oc3C)c2o1. The third kappa shape index (κ3) is 3.57. The van der Waals surface area contributed by atoms with Gasteiger partial charge in [0.25, 0.3) is 0 Å². The summed E-state index contributed by atoms with van der Waals surface area (Å²) >= 11 is 6.02.